The molecule has 0 fully saturated rings. The Kier molecular flexibility index (Phi) is 5.68. The monoisotopic (exact) mass is 161 g/mol. The predicted octanol–water partition coefficient (Wildman–Crippen LogP) is 1.23. The van der Waals surface area contributed by atoms with Crippen molar-refractivity contribution < 1.29 is 4.74 Å². The molecule has 1 aromatic rings. The van der Waals surface area contributed by atoms with Crippen molar-refractivity contribution >= 4 is 51.4 Å². The van der Waals surface area contributed by atoms with Crippen LogP contribution in [0.15, 0.2) is 24.3 Å². The van der Waals surface area contributed by atoms with Crippen LogP contribution >= 0.6 is 0 Å². The van der Waals surface area contributed by atoms with Crippen LogP contribution in [0.3, 0.4) is 0 Å². The molecule has 10 heavy (non-hydrogen) atoms. The van der Waals surface area contributed by atoms with Gasteiger partial charge in [0.2, 0.25) is 0 Å². The number of hydrogen-bond acceptors (Lipinski definition) is 1. The number of ether oxygens (including phenoxy) is 1. The van der Waals surface area contributed by atoms with E-state index in [1.54, 1.807) is 7.11 Å². The standard InChI is InChI=1S/C8H9O.K.H/c1-7-3-5-8(9-2)6-4-7;;/h3-6H,1H2,2H3;;. The maximum absolute atomic E-state index is 4.94. The molecule has 0 saturated heterocycles. The van der Waals surface area contributed by atoms with Crippen LogP contribution in [0.4, 0.5) is 0 Å². The van der Waals surface area contributed by atoms with E-state index in [1.165, 1.54) is 0 Å². The van der Waals surface area contributed by atoms with E-state index < -0.39 is 0 Å². The van der Waals surface area contributed by atoms with Crippen molar-refractivity contribution in [3.05, 3.63) is 36.8 Å². The molecule has 0 atom stereocenters. The average Bonchev–Trinajstić information content (AvgIpc) is 1.90. The van der Waals surface area contributed by atoms with Crippen molar-refractivity contribution in [1.29, 1.82) is 0 Å². The molecule has 1 aromatic carbocycles. The molecule has 0 aliphatic rings. The van der Waals surface area contributed by atoms with E-state index >= 15 is 0 Å². The summed E-state index contributed by atoms with van der Waals surface area (Å²) in [5.41, 5.74) is 1.01. The van der Waals surface area contributed by atoms with Crippen molar-refractivity contribution in [3.8, 4) is 5.75 Å². The molecule has 0 aliphatic carbocycles. The first-order valence-electron chi connectivity index (χ1n) is 2.79. The molecule has 0 heterocycles. The number of rotatable bonds is 1. The van der Waals surface area contributed by atoms with Gasteiger partial charge >= 0.3 is 51.4 Å². The summed E-state index contributed by atoms with van der Waals surface area (Å²) in [6, 6.07) is 7.61. The minimum atomic E-state index is 0. The summed E-state index contributed by atoms with van der Waals surface area (Å²) in [6.45, 7) is 3.74. The second-order valence-corrected chi connectivity index (χ2v) is 1.85. The third-order valence-electron chi connectivity index (χ3n) is 1.16. The molecule has 0 amide bonds. The molecule has 0 aromatic heterocycles. The summed E-state index contributed by atoms with van der Waals surface area (Å²) in [5.74, 6) is 0.877. The Morgan fingerprint density at radius 1 is 1.20 bits per heavy atom. The Bertz CT molecular complexity index is 181. The summed E-state index contributed by atoms with van der Waals surface area (Å²) < 4.78 is 4.94. The summed E-state index contributed by atoms with van der Waals surface area (Å²) >= 11 is 0. The van der Waals surface area contributed by atoms with Crippen molar-refractivity contribution in [2.75, 3.05) is 7.11 Å². The third-order valence-corrected chi connectivity index (χ3v) is 1.16. The van der Waals surface area contributed by atoms with Crippen LogP contribution < -0.4 is 4.74 Å². The van der Waals surface area contributed by atoms with E-state index in [4.69, 9.17) is 4.74 Å². The third kappa shape index (κ3) is 3.17. The predicted molar refractivity (Wildman–Crippen MR) is 44.6 cm³/mol. The van der Waals surface area contributed by atoms with Gasteiger partial charge in [0.25, 0.3) is 0 Å². The molecule has 1 rings (SSSR count). The number of methoxy groups -OCH3 is 1. The van der Waals surface area contributed by atoms with Crippen LogP contribution in [-0.4, -0.2) is 58.5 Å². The molecule has 0 bridgehead atoms. The molecular weight excluding hydrogens is 151 g/mol. The molecule has 0 saturated carbocycles. The molecule has 0 spiro atoms. The second-order valence-electron chi connectivity index (χ2n) is 1.85. The first kappa shape index (κ1) is 10.7. The van der Waals surface area contributed by atoms with Crippen LogP contribution in [0.5, 0.6) is 5.75 Å². The Morgan fingerprint density at radius 2 is 1.70 bits per heavy atom. The first-order chi connectivity index (χ1) is 4.33. The molecule has 1 radical (unpaired) electrons. The van der Waals surface area contributed by atoms with Gasteiger partial charge in [0.05, 0.1) is 7.11 Å². The normalized spacial score (nSPS) is 8.20. The fourth-order valence-electron chi connectivity index (χ4n) is 0.626. The molecular formula is C8H10KO. The average molecular weight is 161 g/mol. The molecule has 1 nitrogen and oxygen atoms in total. The quantitative estimate of drug-likeness (QED) is 0.563. The van der Waals surface area contributed by atoms with Crippen molar-refractivity contribution in [1.82, 2.24) is 0 Å². The van der Waals surface area contributed by atoms with Crippen LogP contribution in [0, 0.1) is 6.92 Å². The Morgan fingerprint density at radius 3 is 2.10 bits per heavy atom. The van der Waals surface area contributed by atoms with Crippen LogP contribution in [0.25, 0.3) is 0 Å². The van der Waals surface area contributed by atoms with Crippen molar-refractivity contribution in [3.63, 3.8) is 0 Å². The van der Waals surface area contributed by atoms with E-state index in [2.05, 4.69) is 6.92 Å². The summed E-state index contributed by atoms with van der Waals surface area (Å²) in [4.78, 5) is 0. The van der Waals surface area contributed by atoms with E-state index in [0.29, 0.717) is 0 Å². The summed E-state index contributed by atoms with van der Waals surface area (Å²) in [6.07, 6.45) is 0. The molecule has 0 aliphatic heterocycles. The zero-order chi connectivity index (χ0) is 6.69. The molecule has 2 heteroatoms. The first-order valence-corrected chi connectivity index (χ1v) is 2.79. The fourth-order valence-corrected chi connectivity index (χ4v) is 0.626. The van der Waals surface area contributed by atoms with Gasteiger partial charge in [-0.1, -0.05) is 12.1 Å². The second kappa shape index (κ2) is 5.33. The van der Waals surface area contributed by atoms with Gasteiger partial charge in [-0.25, -0.2) is 0 Å². The Labute approximate surface area is 104 Å². The van der Waals surface area contributed by atoms with Gasteiger partial charge in [-0.05, 0) is 24.6 Å². The SMILES string of the molecule is [CH2]c1ccc(OC)cc1.[KH]. The summed E-state index contributed by atoms with van der Waals surface area (Å²) in [5, 5.41) is 0. The van der Waals surface area contributed by atoms with Gasteiger partial charge in [0.15, 0.2) is 0 Å². The van der Waals surface area contributed by atoms with Crippen LogP contribution in [-0.2, 0) is 0 Å². The maximum atomic E-state index is 4.94. The zero-order valence-electron chi connectivity index (χ0n) is 5.42. The number of hydrogen-bond donors (Lipinski definition) is 0. The minimum absolute atomic E-state index is 0. The van der Waals surface area contributed by atoms with Crippen molar-refractivity contribution in [2.45, 2.75) is 0 Å². The van der Waals surface area contributed by atoms with Crippen LogP contribution in [0.2, 0.25) is 0 Å². The van der Waals surface area contributed by atoms with E-state index in [0.717, 1.165) is 11.3 Å². The molecule has 49 valence electrons. The van der Waals surface area contributed by atoms with Crippen LogP contribution in [0.1, 0.15) is 5.56 Å². The van der Waals surface area contributed by atoms with Crippen molar-refractivity contribution in [2.24, 2.45) is 0 Å². The molecule has 0 unspecified atom stereocenters. The summed E-state index contributed by atoms with van der Waals surface area (Å²) in [7, 11) is 1.65. The zero-order valence-corrected chi connectivity index (χ0v) is 5.42. The molecule has 0 N–H and O–H groups in total. The van der Waals surface area contributed by atoms with Gasteiger partial charge < -0.3 is 4.74 Å². The number of benzene rings is 1. The van der Waals surface area contributed by atoms with E-state index in [9.17, 15) is 0 Å². The topological polar surface area (TPSA) is 9.23 Å². The van der Waals surface area contributed by atoms with Gasteiger partial charge in [-0.3, -0.25) is 0 Å². The van der Waals surface area contributed by atoms with E-state index in [1.807, 2.05) is 24.3 Å². The Balaban J connectivity index is 0.000000810. The van der Waals surface area contributed by atoms with Gasteiger partial charge in [0.1, 0.15) is 5.75 Å². The van der Waals surface area contributed by atoms with Gasteiger partial charge in [-0.2, -0.15) is 0 Å². The van der Waals surface area contributed by atoms with Gasteiger partial charge in [-0.15, -0.1) is 0 Å². The van der Waals surface area contributed by atoms with Gasteiger partial charge in [0, 0.05) is 0 Å². The Hall–Kier alpha value is 0.656. The fraction of sp³-hybridized carbons (Fsp3) is 0.125. The van der Waals surface area contributed by atoms with E-state index in [-0.39, 0.29) is 51.4 Å².